The average Bonchev–Trinajstić information content (AvgIpc) is 3.39. The Labute approximate surface area is 151 Å². The highest BCUT2D eigenvalue weighted by molar-refractivity contribution is 6.13. The lowest BCUT2D eigenvalue weighted by Crippen LogP contribution is -2.40. The first-order valence-electron chi connectivity index (χ1n) is 8.89. The fraction of sp³-hybridized carbons (Fsp3) is 0.238. The summed E-state index contributed by atoms with van der Waals surface area (Å²) < 4.78 is 0. The Hall–Kier alpha value is -3.08. The van der Waals surface area contributed by atoms with E-state index in [1.165, 1.54) is 10.9 Å². The topological polar surface area (TPSA) is 74.0 Å². The van der Waals surface area contributed by atoms with Gasteiger partial charge in [0.15, 0.2) is 0 Å². The van der Waals surface area contributed by atoms with Crippen LogP contribution in [0, 0.1) is 5.41 Å². The number of rotatable bonds is 6. The van der Waals surface area contributed by atoms with Crippen LogP contribution < -0.4 is 10.6 Å². The zero-order valence-electron chi connectivity index (χ0n) is 14.4. The summed E-state index contributed by atoms with van der Waals surface area (Å²) in [6.07, 6.45) is 3.91. The van der Waals surface area contributed by atoms with Crippen LogP contribution in [0.1, 0.15) is 18.4 Å². The van der Waals surface area contributed by atoms with Gasteiger partial charge in [0.25, 0.3) is 0 Å². The molecule has 1 aliphatic carbocycles. The first-order valence-corrected chi connectivity index (χ1v) is 8.89. The quantitative estimate of drug-likeness (QED) is 0.599. The van der Waals surface area contributed by atoms with E-state index in [0.717, 1.165) is 17.6 Å². The first kappa shape index (κ1) is 16.4. The Bertz CT molecular complexity index is 942. The van der Waals surface area contributed by atoms with E-state index >= 15 is 0 Å². The molecule has 0 atom stereocenters. The van der Waals surface area contributed by atoms with Crippen molar-refractivity contribution in [3.63, 3.8) is 0 Å². The second-order valence-electron chi connectivity index (χ2n) is 6.77. The minimum absolute atomic E-state index is 0.175. The number of aromatic amines is 1. The highest BCUT2D eigenvalue weighted by Gasteiger charge is 2.56. The van der Waals surface area contributed by atoms with Crippen molar-refractivity contribution in [3.8, 4) is 0 Å². The molecule has 26 heavy (non-hydrogen) atoms. The van der Waals surface area contributed by atoms with E-state index in [1.54, 1.807) is 0 Å². The largest absolute Gasteiger partial charge is 0.361 e. The van der Waals surface area contributed by atoms with E-state index in [2.05, 4.69) is 21.7 Å². The van der Waals surface area contributed by atoms with Gasteiger partial charge in [-0.15, -0.1) is 0 Å². The van der Waals surface area contributed by atoms with Crippen LogP contribution in [0.15, 0.2) is 60.8 Å². The van der Waals surface area contributed by atoms with Gasteiger partial charge in [0.2, 0.25) is 11.8 Å². The number of H-pyrrole nitrogens is 1. The summed E-state index contributed by atoms with van der Waals surface area (Å²) in [4.78, 5) is 28.3. The van der Waals surface area contributed by atoms with Gasteiger partial charge in [-0.1, -0.05) is 36.4 Å². The van der Waals surface area contributed by atoms with Gasteiger partial charge in [0.05, 0.1) is 0 Å². The lowest BCUT2D eigenvalue weighted by molar-refractivity contribution is -0.134. The van der Waals surface area contributed by atoms with Crippen LogP contribution in [0.3, 0.4) is 0 Å². The number of nitrogens with one attached hydrogen (secondary N) is 3. The molecule has 3 aromatic rings. The van der Waals surface area contributed by atoms with Gasteiger partial charge in [0.1, 0.15) is 5.41 Å². The van der Waals surface area contributed by atoms with Crippen LogP contribution in [0.5, 0.6) is 0 Å². The van der Waals surface area contributed by atoms with Crippen LogP contribution in [0.2, 0.25) is 0 Å². The lowest BCUT2D eigenvalue weighted by atomic mass is 10.0. The number of carbonyl (C=O) groups excluding carboxylic acids is 2. The van der Waals surface area contributed by atoms with Crippen molar-refractivity contribution in [1.29, 1.82) is 0 Å². The van der Waals surface area contributed by atoms with Crippen molar-refractivity contribution < 1.29 is 9.59 Å². The zero-order chi connectivity index (χ0) is 18.0. The van der Waals surface area contributed by atoms with Crippen molar-refractivity contribution in [3.05, 3.63) is 66.4 Å². The molecule has 0 spiro atoms. The molecule has 0 saturated heterocycles. The molecule has 3 N–H and O–H groups in total. The summed E-state index contributed by atoms with van der Waals surface area (Å²) in [5, 5.41) is 6.96. The second kappa shape index (κ2) is 6.67. The van der Waals surface area contributed by atoms with Crippen molar-refractivity contribution >= 4 is 28.4 Å². The lowest BCUT2D eigenvalue weighted by Gasteiger charge is -2.15. The summed E-state index contributed by atoms with van der Waals surface area (Å²) in [6, 6.07) is 17.3. The maximum Gasteiger partial charge on any atom is 0.240 e. The number of fused-ring (bicyclic) bond motifs is 1. The molecule has 0 aliphatic heterocycles. The summed E-state index contributed by atoms with van der Waals surface area (Å²) >= 11 is 0. The van der Waals surface area contributed by atoms with Crippen molar-refractivity contribution in [2.24, 2.45) is 5.41 Å². The molecule has 0 radical (unpaired) electrons. The predicted octanol–water partition coefficient (Wildman–Crippen LogP) is 3.25. The molecule has 1 aliphatic rings. The van der Waals surface area contributed by atoms with Gasteiger partial charge in [-0.05, 0) is 43.0 Å². The van der Waals surface area contributed by atoms with Crippen molar-refractivity contribution in [2.75, 3.05) is 11.9 Å². The van der Waals surface area contributed by atoms with E-state index < -0.39 is 5.41 Å². The van der Waals surface area contributed by atoms with Crippen LogP contribution in [-0.2, 0) is 16.0 Å². The van der Waals surface area contributed by atoms with E-state index in [-0.39, 0.29) is 11.8 Å². The number of hydrogen-bond acceptors (Lipinski definition) is 2. The molecular weight excluding hydrogens is 326 g/mol. The molecule has 2 aromatic carbocycles. The van der Waals surface area contributed by atoms with Crippen LogP contribution in [0.4, 0.5) is 5.69 Å². The molecule has 1 saturated carbocycles. The summed E-state index contributed by atoms with van der Waals surface area (Å²) in [5.74, 6) is -0.390. The molecule has 1 heterocycles. The molecule has 1 aromatic heterocycles. The summed E-state index contributed by atoms with van der Waals surface area (Å²) in [6.45, 7) is 0.515. The Balaban J connectivity index is 1.35. The van der Waals surface area contributed by atoms with Crippen molar-refractivity contribution in [1.82, 2.24) is 10.3 Å². The van der Waals surface area contributed by atoms with Gasteiger partial charge in [-0.25, -0.2) is 0 Å². The second-order valence-corrected chi connectivity index (χ2v) is 6.77. The Kier molecular flexibility index (Phi) is 4.21. The third-order valence-electron chi connectivity index (χ3n) is 5.01. The monoisotopic (exact) mass is 347 g/mol. The minimum Gasteiger partial charge on any atom is -0.361 e. The number of para-hydroxylation sites is 2. The van der Waals surface area contributed by atoms with Crippen LogP contribution >= 0.6 is 0 Å². The number of aromatic nitrogens is 1. The SMILES string of the molecule is O=C(NCCc1c[nH]c2ccccc12)C1(C(=O)Nc2ccccc2)CC1. The molecule has 0 unspecified atom stereocenters. The minimum atomic E-state index is -0.907. The van der Waals surface area contributed by atoms with Gasteiger partial charge in [0, 0.05) is 29.3 Å². The third kappa shape index (κ3) is 3.08. The molecular formula is C21H21N3O2. The smallest absolute Gasteiger partial charge is 0.240 e. The summed E-state index contributed by atoms with van der Waals surface area (Å²) in [5.41, 5.74) is 2.07. The zero-order valence-corrected chi connectivity index (χ0v) is 14.4. The number of hydrogen-bond donors (Lipinski definition) is 3. The van der Waals surface area contributed by atoms with Gasteiger partial charge < -0.3 is 15.6 Å². The highest BCUT2D eigenvalue weighted by Crippen LogP contribution is 2.46. The average molecular weight is 347 g/mol. The third-order valence-corrected chi connectivity index (χ3v) is 5.01. The Morgan fingerprint density at radius 1 is 0.962 bits per heavy atom. The number of carbonyl (C=O) groups is 2. The van der Waals surface area contributed by atoms with Gasteiger partial charge >= 0.3 is 0 Å². The predicted molar refractivity (Wildman–Crippen MR) is 102 cm³/mol. The standard InChI is InChI=1S/C21H21N3O2/c25-19(21(11-12-21)20(26)24-16-6-2-1-3-7-16)22-13-10-15-14-23-18-9-5-4-8-17(15)18/h1-9,14,23H,10-13H2,(H,22,25)(H,24,26). The molecule has 5 nitrogen and oxygen atoms in total. The highest BCUT2D eigenvalue weighted by atomic mass is 16.2. The van der Waals surface area contributed by atoms with E-state index in [9.17, 15) is 9.59 Å². The van der Waals surface area contributed by atoms with E-state index in [0.29, 0.717) is 19.4 Å². The summed E-state index contributed by atoms with van der Waals surface area (Å²) in [7, 11) is 0. The number of anilines is 1. The van der Waals surface area contributed by atoms with E-state index in [1.807, 2.05) is 54.7 Å². The van der Waals surface area contributed by atoms with Gasteiger partial charge in [-0.3, -0.25) is 9.59 Å². The number of amides is 2. The first-order chi connectivity index (χ1) is 12.7. The molecule has 2 amide bonds. The van der Waals surface area contributed by atoms with Gasteiger partial charge in [-0.2, -0.15) is 0 Å². The molecule has 4 rings (SSSR count). The molecule has 5 heteroatoms. The Morgan fingerprint density at radius 3 is 2.46 bits per heavy atom. The molecule has 132 valence electrons. The maximum atomic E-state index is 12.6. The van der Waals surface area contributed by atoms with Crippen LogP contribution in [-0.4, -0.2) is 23.3 Å². The molecule has 0 bridgehead atoms. The fourth-order valence-corrected chi connectivity index (χ4v) is 3.27. The molecule has 1 fully saturated rings. The number of benzene rings is 2. The van der Waals surface area contributed by atoms with Crippen molar-refractivity contribution in [2.45, 2.75) is 19.3 Å². The Morgan fingerprint density at radius 2 is 1.69 bits per heavy atom. The maximum absolute atomic E-state index is 12.6. The fourth-order valence-electron chi connectivity index (χ4n) is 3.27. The van der Waals surface area contributed by atoms with Crippen LogP contribution in [0.25, 0.3) is 10.9 Å². The van der Waals surface area contributed by atoms with E-state index in [4.69, 9.17) is 0 Å². The normalized spacial score (nSPS) is 14.8.